The Morgan fingerprint density at radius 2 is 2.33 bits per heavy atom. The number of nitrogens with two attached hydrogens (primary N) is 1. The summed E-state index contributed by atoms with van der Waals surface area (Å²) in [5.74, 6) is -0.0701. The lowest BCUT2D eigenvalue weighted by Crippen LogP contribution is -2.11. The van der Waals surface area contributed by atoms with Crippen LogP contribution in [-0.2, 0) is 0 Å². The van der Waals surface area contributed by atoms with Crippen molar-refractivity contribution >= 4 is 38.6 Å². The van der Waals surface area contributed by atoms with Gasteiger partial charge in [-0.15, -0.1) is 11.3 Å². The summed E-state index contributed by atoms with van der Waals surface area (Å²) in [5.41, 5.74) is 6.89. The third-order valence-electron chi connectivity index (χ3n) is 2.56. The van der Waals surface area contributed by atoms with Crippen molar-refractivity contribution in [3.05, 3.63) is 39.0 Å². The highest BCUT2D eigenvalue weighted by Gasteiger charge is 2.10. The largest absolute Gasteiger partial charge is 0.397 e. The van der Waals surface area contributed by atoms with Crippen molar-refractivity contribution < 1.29 is 4.39 Å². The van der Waals surface area contributed by atoms with Crippen LogP contribution in [0.25, 0.3) is 0 Å². The van der Waals surface area contributed by atoms with E-state index in [0.29, 0.717) is 16.7 Å². The van der Waals surface area contributed by atoms with E-state index in [1.54, 1.807) is 23.6 Å². The quantitative estimate of drug-likeness (QED) is 0.838. The second-order valence-electron chi connectivity index (χ2n) is 4.01. The maximum Gasteiger partial charge on any atom is 0.139 e. The fraction of sp³-hybridized carbons (Fsp3) is 0.250. The molecule has 1 aromatic carbocycles. The molecule has 0 bridgehead atoms. The van der Waals surface area contributed by atoms with Crippen LogP contribution in [0, 0.1) is 5.82 Å². The minimum absolute atomic E-state index is 0.285. The SMILES string of the molecule is CC(CNc1cc(Br)c(F)cc1N)c1nccs1. The van der Waals surface area contributed by atoms with E-state index >= 15 is 0 Å². The molecule has 18 heavy (non-hydrogen) atoms. The lowest BCUT2D eigenvalue weighted by Gasteiger charge is -2.13. The van der Waals surface area contributed by atoms with Gasteiger partial charge in [0.25, 0.3) is 0 Å². The molecule has 1 atom stereocenters. The number of nitrogens with one attached hydrogen (secondary N) is 1. The predicted octanol–water partition coefficient (Wildman–Crippen LogP) is 3.84. The van der Waals surface area contributed by atoms with Gasteiger partial charge in [0, 0.05) is 30.1 Å². The first-order valence-corrected chi connectivity index (χ1v) is 7.13. The van der Waals surface area contributed by atoms with Gasteiger partial charge in [-0.3, -0.25) is 0 Å². The summed E-state index contributed by atoms with van der Waals surface area (Å²) in [4.78, 5) is 4.26. The van der Waals surface area contributed by atoms with E-state index in [1.807, 2.05) is 5.38 Å². The number of aromatic nitrogens is 1. The Morgan fingerprint density at radius 3 is 3.00 bits per heavy atom. The number of nitrogen functional groups attached to an aromatic ring is 1. The van der Waals surface area contributed by atoms with Crippen LogP contribution >= 0.6 is 27.3 Å². The monoisotopic (exact) mass is 329 g/mol. The van der Waals surface area contributed by atoms with Gasteiger partial charge >= 0.3 is 0 Å². The first kappa shape index (κ1) is 13.3. The Bertz CT molecular complexity index is 530. The first-order chi connectivity index (χ1) is 8.58. The summed E-state index contributed by atoms with van der Waals surface area (Å²) in [6.07, 6.45) is 1.79. The molecule has 0 aliphatic heterocycles. The molecule has 0 saturated heterocycles. The number of halogens is 2. The van der Waals surface area contributed by atoms with Crippen molar-refractivity contribution in [2.24, 2.45) is 0 Å². The van der Waals surface area contributed by atoms with E-state index < -0.39 is 0 Å². The van der Waals surface area contributed by atoms with Crippen LogP contribution in [-0.4, -0.2) is 11.5 Å². The third kappa shape index (κ3) is 3.00. The molecule has 96 valence electrons. The molecule has 0 fully saturated rings. The van der Waals surface area contributed by atoms with Crippen LogP contribution in [0.2, 0.25) is 0 Å². The van der Waals surface area contributed by atoms with E-state index in [0.717, 1.165) is 10.7 Å². The van der Waals surface area contributed by atoms with Crippen molar-refractivity contribution in [2.45, 2.75) is 12.8 Å². The van der Waals surface area contributed by atoms with Gasteiger partial charge in [-0.1, -0.05) is 6.92 Å². The second-order valence-corrected chi connectivity index (χ2v) is 5.79. The summed E-state index contributed by atoms with van der Waals surface area (Å²) in [6.45, 7) is 2.79. The zero-order chi connectivity index (χ0) is 13.1. The van der Waals surface area contributed by atoms with Crippen molar-refractivity contribution in [1.82, 2.24) is 4.98 Å². The highest BCUT2D eigenvalue weighted by molar-refractivity contribution is 9.10. The third-order valence-corrected chi connectivity index (χ3v) is 4.18. The van der Waals surface area contributed by atoms with Gasteiger partial charge in [-0.25, -0.2) is 9.37 Å². The van der Waals surface area contributed by atoms with Gasteiger partial charge in [0.1, 0.15) is 5.82 Å². The molecule has 3 nitrogen and oxygen atoms in total. The molecule has 0 aliphatic rings. The number of hydrogen-bond donors (Lipinski definition) is 2. The second kappa shape index (κ2) is 5.67. The molecule has 0 amide bonds. The first-order valence-electron chi connectivity index (χ1n) is 5.45. The fourth-order valence-electron chi connectivity index (χ4n) is 1.54. The van der Waals surface area contributed by atoms with Crippen LogP contribution in [0.15, 0.2) is 28.2 Å². The van der Waals surface area contributed by atoms with Gasteiger partial charge in [0.05, 0.1) is 20.9 Å². The summed E-state index contributed by atoms with van der Waals surface area (Å²) < 4.78 is 13.6. The lowest BCUT2D eigenvalue weighted by molar-refractivity contribution is 0.622. The summed E-state index contributed by atoms with van der Waals surface area (Å²) in [7, 11) is 0. The molecular formula is C12H13BrFN3S. The molecule has 0 spiro atoms. The molecule has 2 aromatic rings. The number of thiazole rings is 1. The maximum absolute atomic E-state index is 13.2. The van der Waals surface area contributed by atoms with E-state index in [2.05, 4.69) is 33.2 Å². The Morgan fingerprint density at radius 1 is 1.56 bits per heavy atom. The molecule has 2 rings (SSSR count). The molecular weight excluding hydrogens is 317 g/mol. The number of anilines is 2. The fourth-order valence-corrected chi connectivity index (χ4v) is 2.59. The van der Waals surface area contributed by atoms with Gasteiger partial charge in [-0.05, 0) is 22.0 Å². The number of benzene rings is 1. The topological polar surface area (TPSA) is 50.9 Å². The van der Waals surface area contributed by atoms with Gasteiger partial charge in [0.15, 0.2) is 0 Å². The smallest absolute Gasteiger partial charge is 0.139 e. The van der Waals surface area contributed by atoms with Gasteiger partial charge in [-0.2, -0.15) is 0 Å². The molecule has 1 aromatic heterocycles. The summed E-state index contributed by atoms with van der Waals surface area (Å²) in [6, 6.07) is 2.96. The van der Waals surface area contributed by atoms with E-state index in [-0.39, 0.29) is 11.7 Å². The number of hydrogen-bond acceptors (Lipinski definition) is 4. The molecule has 1 unspecified atom stereocenters. The Labute approximate surface area is 117 Å². The minimum atomic E-state index is -0.356. The van der Waals surface area contributed by atoms with Gasteiger partial charge in [0.2, 0.25) is 0 Å². The maximum atomic E-state index is 13.2. The molecule has 0 radical (unpaired) electrons. The van der Waals surface area contributed by atoms with Crippen molar-refractivity contribution in [1.29, 1.82) is 0 Å². The van der Waals surface area contributed by atoms with Crippen molar-refractivity contribution in [3.63, 3.8) is 0 Å². The molecule has 1 heterocycles. The predicted molar refractivity (Wildman–Crippen MR) is 77.5 cm³/mol. The zero-order valence-corrected chi connectivity index (χ0v) is 12.2. The van der Waals surface area contributed by atoms with E-state index in [4.69, 9.17) is 5.73 Å². The normalized spacial score (nSPS) is 12.4. The van der Waals surface area contributed by atoms with Crippen molar-refractivity contribution in [3.8, 4) is 0 Å². The Hall–Kier alpha value is -1.14. The number of nitrogens with zero attached hydrogens (tertiary/aromatic N) is 1. The van der Waals surface area contributed by atoms with Gasteiger partial charge < -0.3 is 11.1 Å². The molecule has 0 saturated carbocycles. The molecule has 0 aliphatic carbocycles. The molecule has 6 heteroatoms. The Balaban J connectivity index is 2.04. The van der Waals surface area contributed by atoms with Crippen LogP contribution in [0.4, 0.5) is 15.8 Å². The summed E-state index contributed by atoms with van der Waals surface area (Å²) >= 11 is 4.77. The average Bonchev–Trinajstić information content (AvgIpc) is 2.85. The van der Waals surface area contributed by atoms with E-state index in [9.17, 15) is 4.39 Å². The molecule has 3 N–H and O–H groups in total. The van der Waals surface area contributed by atoms with Crippen LogP contribution in [0.3, 0.4) is 0 Å². The van der Waals surface area contributed by atoms with E-state index in [1.165, 1.54) is 6.07 Å². The summed E-state index contributed by atoms with van der Waals surface area (Å²) in [5, 5.41) is 6.24. The zero-order valence-electron chi connectivity index (χ0n) is 9.78. The minimum Gasteiger partial charge on any atom is -0.397 e. The average molecular weight is 330 g/mol. The van der Waals surface area contributed by atoms with Crippen LogP contribution in [0.5, 0.6) is 0 Å². The highest BCUT2D eigenvalue weighted by Crippen LogP contribution is 2.27. The van der Waals surface area contributed by atoms with Crippen molar-refractivity contribution in [2.75, 3.05) is 17.6 Å². The number of rotatable bonds is 4. The lowest BCUT2D eigenvalue weighted by atomic mass is 10.2. The van der Waals surface area contributed by atoms with Crippen LogP contribution < -0.4 is 11.1 Å². The van der Waals surface area contributed by atoms with Crippen LogP contribution in [0.1, 0.15) is 17.8 Å². The highest BCUT2D eigenvalue weighted by atomic mass is 79.9. The standard InChI is InChI=1S/C12H13BrFN3S/c1-7(12-16-2-3-18-12)6-17-11-4-8(13)9(14)5-10(11)15/h2-5,7,17H,6,15H2,1H3. The Kier molecular flexibility index (Phi) is 4.19.